The molecule has 2 heterocycles. The lowest BCUT2D eigenvalue weighted by molar-refractivity contribution is -0.130. The number of likely N-dealkylation sites (tertiary alicyclic amines) is 1. The summed E-state index contributed by atoms with van der Waals surface area (Å²) in [5.41, 5.74) is 6.21. The van der Waals surface area contributed by atoms with Gasteiger partial charge in [-0.05, 0) is 61.6 Å². The lowest BCUT2D eigenvalue weighted by Gasteiger charge is -2.34. The van der Waals surface area contributed by atoms with Gasteiger partial charge in [0.15, 0.2) is 5.78 Å². The van der Waals surface area contributed by atoms with Crippen molar-refractivity contribution in [2.24, 2.45) is 0 Å². The summed E-state index contributed by atoms with van der Waals surface area (Å²) in [6.45, 7) is 4.77. The first-order chi connectivity index (χ1) is 20.7. The summed E-state index contributed by atoms with van der Waals surface area (Å²) in [4.78, 5) is 43.5. The summed E-state index contributed by atoms with van der Waals surface area (Å²) in [7, 11) is 1.63. The van der Waals surface area contributed by atoms with Gasteiger partial charge >= 0.3 is 6.09 Å². The smallest absolute Gasteiger partial charge is 0.404 e. The van der Waals surface area contributed by atoms with E-state index in [0.29, 0.717) is 29.8 Å². The first-order valence-corrected chi connectivity index (χ1v) is 14.1. The largest absolute Gasteiger partial charge is 0.495 e. The molecule has 0 spiro atoms. The Hall–Kier alpha value is -5.18. The highest BCUT2D eigenvalue weighted by atomic mass is 16.5. The molecule has 2 N–H and O–H groups in total. The van der Waals surface area contributed by atoms with Gasteiger partial charge in [0.05, 0.1) is 30.9 Å². The van der Waals surface area contributed by atoms with Crippen LogP contribution in [0, 0.1) is 6.92 Å². The van der Waals surface area contributed by atoms with E-state index >= 15 is 0 Å². The van der Waals surface area contributed by atoms with E-state index in [2.05, 4.69) is 10.3 Å². The fourth-order valence-corrected chi connectivity index (χ4v) is 5.30. The number of nitrogens with zero attached hydrogens (tertiary/aromatic N) is 3. The molecule has 1 aliphatic heterocycles. The number of methoxy groups -OCH3 is 1. The zero-order valence-corrected chi connectivity index (χ0v) is 24.4. The average molecular weight is 579 g/mol. The number of amides is 2. The summed E-state index contributed by atoms with van der Waals surface area (Å²) in [6.07, 6.45) is 6.09. The van der Waals surface area contributed by atoms with E-state index in [9.17, 15) is 14.4 Å². The van der Waals surface area contributed by atoms with Crippen LogP contribution < -0.4 is 10.1 Å². The van der Waals surface area contributed by atoms with Crippen LogP contribution in [0.25, 0.3) is 11.8 Å². The average Bonchev–Trinajstić information content (AvgIpc) is 3.46. The lowest BCUT2D eigenvalue weighted by atomic mass is 9.96. The topological polar surface area (TPSA) is 114 Å². The number of aromatic nitrogens is 2. The van der Waals surface area contributed by atoms with Crippen LogP contribution in [-0.4, -0.2) is 51.0 Å². The molecular formula is C34H34N4O5. The van der Waals surface area contributed by atoms with E-state index in [1.54, 1.807) is 49.8 Å². The Kier molecular flexibility index (Phi) is 8.71. The number of ketones is 1. The first kappa shape index (κ1) is 29.3. The fraction of sp³-hybridized carbons (Fsp3) is 0.235. The van der Waals surface area contributed by atoms with Crippen molar-refractivity contribution < 1.29 is 24.2 Å². The summed E-state index contributed by atoms with van der Waals surface area (Å²) in [6, 6.07) is 19.9. The molecule has 9 heteroatoms. The molecule has 0 bridgehead atoms. The van der Waals surface area contributed by atoms with Gasteiger partial charge in [0.2, 0.25) is 5.91 Å². The van der Waals surface area contributed by atoms with E-state index in [1.807, 2.05) is 65.9 Å². The van der Waals surface area contributed by atoms with E-state index in [0.717, 1.165) is 40.1 Å². The van der Waals surface area contributed by atoms with Gasteiger partial charge in [-0.2, -0.15) is 0 Å². The second kappa shape index (κ2) is 12.8. The number of carboxylic acid groups (broad SMARTS) is 1. The van der Waals surface area contributed by atoms with Crippen LogP contribution in [0.5, 0.6) is 5.75 Å². The highest BCUT2D eigenvalue weighted by Crippen LogP contribution is 2.31. The molecule has 1 atom stereocenters. The number of hydrogen-bond donors (Lipinski definition) is 2. The maximum absolute atomic E-state index is 13.6. The molecule has 0 aliphatic carbocycles. The minimum Gasteiger partial charge on any atom is -0.495 e. The predicted octanol–water partition coefficient (Wildman–Crippen LogP) is 5.95. The second-order valence-corrected chi connectivity index (χ2v) is 10.6. The van der Waals surface area contributed by atoms with Crippen LogP contribution in [0.2, 0.25) is 0 Å². The quantitative estimate of drug-likeness (QED) is 0.187. The SMILES string of the molecule is COc1cc(/C=C2\CCCN([C@@H](C)c3ccc(C(=O)c4ccc(CNC(=O)O)cc4)cc3)C2=O)ccc1-n1cnc(C)c1. The molecule has 9 nitrogen and oxygen atoms in total. The minimum atomic E-state index is -1.10. The molecule has 1 fully saturated rings. The first-order valence-electron chi connectivity index (χ1n) is 14.1. The molecule has 2 amide bonds. The molecule has 0 saturated carbocycles. The van der Waals surface area contributed by atoms with Crippen LogP contribution in [0.4, 0.5) is 4.79 Å². The maximum Gasteiger partial charge on any atom is 0.404 e. The highest BCUT2D eigenvalue weighted by Gasteiger charge is 2.28. The van der Waals surface area contributed by atoms with Gasteiger partial charge in [0.1, 0.15) is 5.75 Å². The molecule has 4 aromatic rings. The van der Waals surface area contributed by atoms with Gasteiger partial charge in [-0.3, -0.25) is 9.59 Å². The van der Waals surface area contributed by atoms with Gasteiger partial charge in [-0.1, -0.05) is 54.6 Å². The van der Waals surface area contributed by atoms with Crippen molar-refractivity contribution >= 4 is 23.9 Å². The third-order valence-electron chi connectivity index (χ3n) is 7.70. The Morgan fingerprint density at radius 2 is 1.77 bits per heavy atom. The van der Waals surface area contributed by atoms with Gasteiger partial charge in [-0.25, -0.2) is 9.78 Å². The molecule has 220 valence electrons. The standard InChI is InChI=1S/C34H34N4O5/c1-22-20-37(21-36-22)30-15-8-25(18-31(30)43-3)17-29-5-4-16-38(33(29)40)23(2)26-11-13-28(14-12-26)32(39)27-9-6-24(7-10-27)19-35-34(41)42/h6-15,17-18,20-21,23,35H,4-5,16,19H2,1-3H3,(H,41,42)/b29-17+/t23-/m0/s1. The van der Waals surface area contributed by atoms with E-state index in [4.69, 9.17) is 9.84 Å². The lowest BCUT2D eigenvalue weighted by Crippen LogP contribution is -2.38. The van der Waals surface area contributed by atoms with Crippen LogP contribution in [0.15, 0.2) is 84.8 Å². The molecular weight excluding hydrogens is 544 g/mol. The Balaban J connectivity index is 1.28. The zero-order chi connectivity index (χ0) is 30.5. The monoisotopic (exact) mass is 578 g/mol. The maximum atomic E-state index is 13.6. The molecule has 43 heavy (non-hydrogen) atoms. The molecule has 1 saturated heterocycles. The number of aryl methyl sites for hydroxylation is 1. The number of imidazole rings is 1. The summed E-state index contributed by atoms with van der Waals surface area (Å²) in [5, 5.41) is 11.1. The van der Waals surface area contributed by atoms with Crippen molar-refractivity contribution in [2.45, 2.75) is 39.3 Å². The Bertz CT molecular complexity index is 1670. The van der Waals surface area contributed by atoms with Gasteiger partial charge in [-0.15, -0.1) is 0 Å². The molecule has 1 aromatic heterocycles. The summed E-state index contributed by atoms with van der Waals surface area (Å²) in [5.74, 6) is 0.575. The van der Waals surface area contributed by atoms with Crippen molar-refractivity contribution in [1.29, 1.82) is 0 Å². The van der Waals surface area contributed by atoms with Crippen molar-refractivity contribution in [2.75, 3.05) is 13.7 Å². The van der Waals surface area contributed by atoms with Crippen molar-refractivity contribution in [1.82, 2.24) is 19.8 Å². The normalized spacial score (nSPS) is 14.9. The van der Waals surface area contributed by atoms with E-state index in [-0.39, 0.29) is 24.3 Å². The van der Waals surface area contributed by atoms with E-state index in [1.165, 1.54) is 0 Å². The van der Waals surface area contributed by atoms with Crippen molar-refractivity contribution in [3.63, 3.8) is 0 Å². The molecule has 1 aliphatic rings. The Morgan fingerprint density at radius 3 is 2.40 bits per heavy atom. The third kappa shape index (κ3) is 6.67. The Morgan fingerprint density at radius 1 is 1.07 bits per heavy atom. The van der Waals surface area contributed by atoms with E-state index < -0.39 is 6.09 Å². The number of ether oxygens (including phenoxy) is 1. The predicted molar refractivity (Wildman–Crippen MR) is 163 cm³/mol. The van der Waals surface area contributed by atoms with Crippen molar-refractivity contribution in [3.8, 4) is 11.4 Å². The number of carbonyl (C=O) groups is 3. The van der Waals surface area contributed by atoms with Gasteiger partial charge in [0.25, 0.3) is 0 Å². The number of benzene rings is 3. The van der Waals surface area contributed by atoms with Crippen LogP contribution in [0.3, 0.4) is 0 Å². The fourth-order valence-electron chi connectivity index (χ4n) is 5.30. The number of piperidine rings is 1. The Labute approximate surface area is 250 Å². The molecule has 0 radical (unpaired) electrons. The number of nitrogens with one attached hydrogen (secondary N) is 1. The van der Waals surface area contributed by atoms with Crippen molar-refractivity contribution in [3.05, 3.63) is 118 Å². The molecule has 3 aromatic carbocycles. The molecule has 5 rings (SSSR count). The second-order valence-electron chi connectivity index (χ2n) is 10.6. The van der Waals surface area contributed by atoms with Gasteiger partial charge in [0, 0.05) is 36.0 Å². The van der Waals surface area contributed by atoms with Gasteiger partial charge < -0.3 is 24.6 Å². The number of hydrogen-bond acceptors (Lipinski definition) is 5. The zero-order valence-electron chi connectivity index (χ0n) is 24.4. The number of carbonyl (C=O) groups excluding carboxylic acids is 2. The molecule has 0 unspecified atom stereocenters. The van der Waals surface area contributed by atoms with Crippen LogP contribution in [-0.2, 0) is 11.3 Å². The minimum absolute atomic E-state index is 0.00431. The van der Waals surface area contributed by atoms with Crippen LogP contribution in [0.1, 0.15) is 64.1 Å². The summed E-state index contributed by atoms with van der Waals surface area (Å²) >= 11 is 0. The number of rotatable bonds is 9. The summed E-state index contributed by atoms with van der Waals surface area (Å²) < 4.78 is 7.56. The third-order valence-corrected chi connectivity index (χ3v) is 7.70. The van der Waals surface area contributed by atoms with Crippen LogP contribution >= 0.6 is 0 Å². The highest BCUT2D eigenvalue weighted by molar-refractivity contribution is 6.09.